The van der Waals surface area contributed by atoms with Gasteiger partial charge in [-0.25, -0.2) is 0 Å². The second-order valence-corrected chi connectivity index (χ2v) is 5.68. The molecule has 0 aliphatic carbocycles. The normalized spacial score (nSPS) is 15.6. The first kappa shape index (κ1) is 14.6. The molecule has 0 N–H and O–H groups in total. The van der Waals surface area contributed by atoms with Crippen molar-refractivity contribution < 1.29 is 19.1 Å². The van der Waals surface area contributed by atoms with E-state index in [0.29, 0.717) is 47.1 Å². The highest BCUT2D eigenvalue weighted by Crippen LogP contribution is 2.37. The number of methoxy groups -OCH3 is 2. The second-order valence-electron chi connectivity index (χ2n) is 5.68. The molecule has 0 unspecified atom stereocenters. The van der Waals surface area contributed by atoms with E-state index in [1.165, 1.54) is 0 Å². The van der Waals surface area contributed by atoms with E-state index < -0.39 is 0 Å². The van der Waals surface area contributed by atoms with Gasteiger partial charge < -0.3 is 19.3 Å². The van der Waals surface area contributed by atoms with Crippen molar-refractivity contribution in [3.8, 4) is 11.5 Å². The minimum absolute atomic E-state index is 0.134. The van der Waals surface area contributed by atoms with Gasteiger partial charge in [-0.05, 0) is 36.4 Å². The van der Waals surface area contributed by atoms with Gasteiger partial charge in [0.1, 0.15) is 11.5 Å². The molecule has 4 rings (SSSR count). The van der Waals surface area contributed by atoms with Crippen LogP contribution in [-0.2, 0) is 0 Å². The molecular weight excluding hydrogens is 308 g/mol. The first-order valence-electron chi connectivity index (χ1n) is 7.64. The van der Waals surface area contributed by atoms with Crippen molar-refractivity contribution in [3.05, 3.63) is 47.5 Å². The molecule has 2 aliphatic heterocycles. The molecule has 2 heterocycles. The number of carbonyl (C=O) groups is 2. The van der Waals surface area contributed by atoms with Crippen molar-refractivity contribution in [2.75, 3.05) is 37.1 Å². The standard InChI is InChI=1S/C18H16N2O4/c1-23-11-3-5-15-13(9-11)17(21)20-8-7-19(15)18(22)14-10-12(24-2)4-6-16(14)20/h3-6,9-10H,7-8H2,1-2H3. The summed E-state index contributed by atoms with van der Waals surface area (Å²) in [5, 5.41) is 0. The predicted octanol–water partition coefficient (Wildman–Crippen LogP) is 2.32. The van der Waals surface area contributed by atoms with Crippen molar-refractivity contribution in [1.29, 1.82) is 0 Å². The van der Waals surface area contributed by atoms with Gasteiger partial charge in [0, 0.05) is 13.1 Å². The molecule has 0 radical (unpaired) electrons. The van der Waals surface area contributed by atoms with E-state index in [9.17, 15) is 9.59 Å². The molecule has 0 saturated carbocycles. The summed E-state index contributed by atoms with van der Waals surface area (Å²) in [6.45, 7) is 0.891. The van der Waals surface area contributed by atoms with Crippen molar-refractivity contribution in [2.24, 2.45) is 0 Å². The quantitative estimate of drug-likeness (QED) is 0.851. The molecule has 2 amide bonds. The lowest BCUT2D eigenvalue weighted by Crippen LogP contribution is -2.32. The Kier molecular flexibility index (Phi) is 3.19. The highest BCUT2D eigenvalue weighted by atomic mass is 16.5. The van der Waals surface area contributed by atoms with E-state index in [1.54, 1.807) is 60.4 Å². The number of amides is 2. The number of fused-ring (bicyclic) bond motifs is 7. The van der Waals surface area contributed by atoms with E-state index in [0.717, 1.165) is 0 Å². The van der Waals surface area contributed by atoms with Gasteiger partial charge in [0.15, 0.2) is 0 Å². The first-order valence-corrected chi connectivity index (χ1v) is 7.64. The van der Waals surface area contributed by atoms with E-state index in [-0.39, 0.29) is 11.8 Å². The molecule has 0 fully saturated rings. The van der Waals surface area contributed by atoms with E-state index in [2.05, 4.69) is 0 Å². The lowest BCUT2D eigenvalue weighted by molar-refractivity contribution is 0.0988. The molecule has 0 aromatic heterocycles. The van der Waals surface area contributed by atoms with Crippen molar-refractivity contribution in [2.45, 2.75) is 0 Å². The summed E-state index contributed by atoms with van der Waals surface area (Å²) in [6.07, 6.45) is 0. The van der Waals surface area contributed by atoms with E-state index >= 15 is 0 Å². The summed E-state index contributed by atoms with van der Waals surface area (Å²) < 4.78 is 10.5. The fraction of sp³-hybridized carbons (Fsp3) is 0.222. The highest BCUT2D eigenvalue weighted by Gasteiger charge is 2.37. The van der Waals surface area contributed by atoms with Crippen LogP contribution in [0, 0.1) is 0 Å². The number of ether oxygens (including phenoxy) is 2. The van der Waals surface area contributed by atoms with Crippen LogP contribution in [0.5, 0.6) is 11.5 Å². The van der Waals surface area contributed by atoms with E-state index in [4.69, 9.17) is 9.47 Å². The molecule has 0 spiro atoms. The number of hydrogen-bond donors (Lipinski definition) is 0. The van der Waals surface area contributed by atoms with Gasteiger partial charge >= 0.3 is 0 Å². The molecule has 0 atom stereocenters. The van der Waals surface area contributed by atoms with Gasteiger partial charge in [-0.3, -0.25) is 9.59 Å². The van der Waals surface area contributed by atoms with Gasteiger partial charge in [0.2, 0.25) is 0 Å². The Hall–Kier alpha value is -3.02. The third-order valence-electron chi connectivity index (χ3n) is 4.49. The molecule has 2 aromatic rings. The van der Waals surface area contributed by atoms with Gasteiger partial charge in [-0.1, -0.05) is 0 Å². The third kappa shape index (κ3) is 1.96. The number of anilines is 2. The van der Waals surface area contributed by atoms with Crippen LogP contribution in [-0.4, -0.2) is 39.1 Å². The lowest BCUT2D eigenvalue weighted by atomic mass is 10.0. The molecule has 122 valence electrons. The average Bonchev–Trinajstić information content (AvgIpc) is 2.86. The maximum absolute atomic E-state index is 13.0. The third-order valence-corrected chi connectivity index (χ3v) is 4.49. The summed E-state index contributed by atoms with van der Waals surface area (Å²) in [5.74, 6) is 0.911. The SMILES string of the molecule is COc1ccc2c(c1)C(=O)N1CCN2C(=O)c2cc(OC)ccc21. The summed E-state index contributed by atoms with van der Waals surface area (Å²) >= 11 is 0. The van der Waals surface area contributed by atoms with Crippen molar-refractivity contribution >= 4 is 23.2 Å². The summed E-state index contributed by atoms with van der Waals surface area (Å²) in [6, 6.07) is 10.4. The van der Waals surface area contributed by atoms with Crippen LogP contribution in [0.1, 0.15) is 20.7 Å². The molecule has 2 bridgehead atoms. The molecule has 6 heteroatoms. The fourth-order valence-corrected chi connectivity index (χ4v) is 3.25. The van der Waals surface area contributed by atoms with Crippen LogP contribution in [0.4, 0.5) is 11.4 Å². The Morgan fingerprint density at radius 1 is 0.750 bits per heavy atom. The Balaban J connectivity index is 1.95. The van der Waals surface area contributed by atoms with Crippen molar-refractivity contribution in [1.82, 2.24) is 0 Å². The molecular formula is C18H16N2O4. The van der Waals surface area contributed by atoms with Crippen LogP contribution in [0.2, 0.25) is 0 Å². The molecule has 0 saturated heterocycles. The molecule has 2 aromatic carbocycles. The zero-order chi connectivity index (χ0) is 16.8. The molecule has 2 aliphatic rings. The van der Waals surface area contributed by atoms with Gasteiger partial charge in [0.25, 0.3) is 11.8 Å². The van der Waals surface area contributed by atoms with Crippen LogP contribution in [0.15, 0.2) is 36.4 Å². The van der Waals surface area contributed by atoms with Gasteiger partial charge in [0.05, 0.1) is 36.7 Å². The number of benzene rings is 2. The zero-order valence-corrected chi connectivity index (χ0v) is 13.4. The van der Waals surface area contributed by atoms with E-state index in [1.807, 2.05) is 0 Å². The summed E-state index contributed by atoms with van der Waals surface area (Å²) in [7, 11) is 3.11. The molecule has 24 heavy (non-hydrogen) atoms. The predicted molar refractivity (Wildman–Crippen MR) is 89.3 cm³/mol. The first-order chi connectivity index (χ1) is 11.6. The van der Waals surface area contributed by atoms with Gasteiger partial charge in [-0.2, -0.15) is 0 Å². The highest BCUT2D eigenvalue weighted by molar-refractivity contribution is 6.21. The van der Waals surface area contributed by atoms with Crippen LogP contribution in [0.3, 0.4) is 0 Å². The second kappa shape index (κ2) is 5.26. The lowest BCUT2D eigenvalue weighted by Gasteiger charge is -2.25. The summed E-state index contributed by atoms with van der Waals surface area (Å²) in [4.78, 5) is 29.4. The van der Waals surface area contributed by atoms with Crippen LogP contribution < -0.4 is 19.3 Å². The van der Waals surface area contributed by atoms with Crippen molar-refractivity contribution in [3.63, 3.8) is 0 Å². The Bertz CT molecular complexity index is 791. The van der Waals surface area contributed by atoms with Gasteiger partial charge in [-0.15, -0.1) is 0 Å². The maximum Gasteiger partial charge on any atom is 0.260 e. The Labute approximate surface area is 139 Å². The Morgan fingerprint density at radius 3 is 1.54 bits per heavy atom. The minimum atomic E-state index is -0.134. The number of carbonyl (C=O) groups excluding carboxylic acids is 2. The summed E-state index contributed by atoms with van der Waals surface area (Å²) in [5.41, 5.74) is 2.17. The van der Waals surface area contributed by atoms with Crippen LogP contribution >= 0.6 is 0 Å². The fourth-order valence-electron chi connectivity index (χ4n) is 3.25. The largest absolute Gasteiger partial charge is 0.497 e. The zero-order valence-electron chi connectivity index (χ0n) is 13.4. The average molecular weight is 324 g/mol. The smallest absolute Gasteiger partial charge is 0.260 e. The number of hydrogen-bond acceptors (Lipinski definition) is 4. The number of rotatable bonds is 2. The topological polar surface area (TPSA) is 59.1 Å². The minimum Gasteiger partial charge on any atom is -0.497 e. The Morgan fingerprint density at radius 2 is 1.17 bits per heavy atom. The maximum atomic E-state index is 13.0. The van der Waals surface area contributed by atoms with Crippen LogP contribution in [0.25, 0.3) is 0 Å². The monoisotopic (exact) mass is 324 g/mol. The molecule has 6 nitrogen and oxygen atoms in total. The number of nitrogens with zero attached hydrogens (tertiary/aromatic N) is 2.